The second-order valence-electron chi connectivity index (χ2n) is 6.07. The zero-order valence-corrected chi connectivity index (χ0v) is 11.3. The van der Waals surface area contributed by atoms with Crippen molar-refractivity contribution < 1.29 is 4.74 Å². The minimum atomic E-state index is 0.311. The van der Waals surface area contributed by atoms with Crippen LogP contribution in [0.15, 0.2) is 4.99 Å². The van der Waals surface area contributed by atoms with Gasteiger partial charge in [-0.25, -0.2) is 4.99 Å². The van der Waals surface area contributed by atoms with Crippen LogP contribution >= 0.6 is 0 Å². The first-order valence-electron chi connectivity index (χ1n) is 7.46. The van der Waals surface area contributed by atoms with Crippen LogP contribution in [-0.2, 0) is 4.74 Å². The van der Waals surface area contributed by atoms with Gasteiger partial charge in [0, 0.05) is 18.1 Å². The van der Waals surface area contributed by atoms with Crippen LogP contribution in [0.2, 0.25) is 0 Å². The van der Waals surface area contributed by atoms with Crippen molar-refractivity contribution in [3.63, 3.8) is 0 Å². The zero-order chi connectivity index (χ0) is 12.6. The molecule has 0 unspecified atom stereocenters. The number of aliphatic imine (C=N–C) groups is 1. The molecule has 4 nitrogen and oxygen atoms in total. The standard InChI is InChI=1S/C14H25N3O/c1-2-18-12-9-11(14(12)7-3-4-8-14)17-13(15)16-10-5-6-10/h10-12H,2-9H2,1H3,(H3,15,16,17)/t11-,12+/m0/s1. The summed E-state index contributed by atoms with van der Waals surface area (Å²) in [5.41, 5.74) is 6.30. The van der Waals surface area contributed by atoms with Crippen molar-refractivity contribution >= 4 is 5.96 Å². The fourth-order valence-corrected chi connectivity index (χ4v) is 3.67. The summed E-state index contributed by atoms with van der Waals surface area (Å²) >= 11 is 0. The van der Waals surface area contributed by atoms with E-state index in [0.29, 0.717) is 29.6 Å². The van der Waals surface area contributed by atoms with Gasteiger partial charge in [-0.3, -0.25) is 0 Å². The Bertz CT molecular complexity index is 332. The summed E-state index contributed by atoms with van der Waals surface area (Å²) in [6.07, 6.45) is 9.15. The molecule has 3 aliphatic rings. The van der Waals surface area contributed by atoms with Crippen LogP contribution in [0.25, 0.3) is 0 Å². The molecular weight excluding hydrogens is 226 g/mol. The van der Waals surface area contributed by atoms with Gasteiger partial charge < -0.3 is 15.8 Å². The van der Waals surface area contributed by atoms with Gasteiger partial charge in [-0.1, -0.05) is 12.8 Å². The lowest BCUT2D eigenvalue weighted by Gasteiger charge is -2.52. The van der Waals surface area contributed by atoms with Gasteiger partial charge in [0.15, 0.2) is 5.96 Å². The molecule has 0 radical (unpaired) electrons. The van der Waals surface area contributed by atoms with Gasteiger partial charge in [-0.2, -0.15) is 0 Å². The molecule has 2 atom stereocenters. The van der Waals surface area contributed by atoms with Crippen LogP contribution in [0, 0.1) is 5.41 Å². The monoisotopic (exact) mass is 251 g/mol. The third-order valence-corrected chi connectivity index (χ3v) is 4.87. The number of hydrogen-bond acceptors (Lipinski definition) is 2. The van der Waals surface area contributed by atoms with Crippen LogP contribution in [0.1, 0.15) is 51.9 Å². The maximum absolute atomic E-state index is 5.99. The van der Waals surface area contributed by atoms with Crippen molar-refractivity contribution in [2.45, 2.75) is 70.1 Å². The molecule has 0 aromatic heterocycles. The van der Waals surface area contributed by atoms with Gasteiger partial charge >= 0.3 is 0 Å². The van der Waals surface area contributed by atoms with Crippen LogP contribution in [0.3, 0.4) is 0 Å². The number of ether oxygens (including phenoxy) is 1. The molecule has 0 heterocycles. The Labute approximate surface area is 109 Å². The number of nitrogens with two attached hydrogens (primary N) is 1. The van der Waals surface area contributed by atoms with Gasteiger partial charge in [0.25, 0.3) is 0 Å². The number of nitrogens with zero attached hydrogens (tertiary/aromatic N) is 1. The lowest BCUT2D eigenvalue weighted by molar-refractivity contribution is -0.119. The molecule has 18 heavy (non-hydrogen) atoms. The molecule has 3 fully saturated rings. The topological polar surface area (TPSA) is 59.6 Å². The second-order valence-corrected chi connectivity index (χ2v) is 6.07. The highest BCUT2D eigenvalue weighted by molar-refractivity contribution is 5.78. The third-order valence-electron chi connectivity index (χ3n) is 4.87. The Balaban J connectivity index is 1.65. The number of hydrogen-bond donors (Lipinski definition) is 2. The predicted octanol–water partition coefficient (Wildman–Crippen LogP) is 1.79. The molecule has 0 aromatic rings. The summed E-state index contributed by atoms with van der Waals surface area (Å²) in [5.74, 6) is 0.656. The normalized spacial score (nSPS) is 34.6. The summed E-state index contributed by atoms with van der Waals surface area (Å²) in [4.78, 5) is 4.73. The van der Waals surface area contributed by atoms with Gasteiger partial charge in [0.2, 0.25) is 0 Å². The van der Waals surface area contributed by atoms with E-state index in [1.165, 1.54) is 38.5 Å². The molecule has 0 bridgehead atoms. The quantitative estimate of drug-likeness (QED) is 0.591. The highest BCUT2D eigenvalue weighted by atomic mass is 16.5. The molecule has 0 aromatic carbocycles. The van der Waals surface area contributed by atoms with Crippen molar-refractivity contribution in [1.82, 2.24) is 5.32 Å². The van der Waals surface area contributed by atoms with E-state index in [-0.39, 0.29) is 0 Å². The van der Waals surface area contributed by atoms with E-state index in [0.717, 1.165) is 13.0 Å². The van der Waals surface area contributed by atoms with E-state index in [4.69, 9.17) is 15.5 Å². The van der Waals surface area contributed by atoms with Crippen molar-refractivity contribution in [1.29, 1.82) is 0 Å². The summed E-state index contributed by atoms with van der Waals surface area (Å²) in [6.45, 7) is 2.90. The largest absolute Gasteiger partial charge is 0.378 e. The summed E-state index contributed by atoms with van der Waals surface area (Å²) < 4.78 is 5.89. The van der Waals surface area contributed by atoms with Gasteiger partial charge in [0.1, 0.15) is 0 Å². The van der Waals surface area contributed by atoms with Crippen molar-refractivity contribution in [3.05, 3.63) is 0 Å². The SMILES string of the molecule is CCO[C@@H]1C[C@H](N=C(N)NC2CC2)C12CCCC2. The van der Waals surface area contributed by atoms with Crippen LogP contribution in [0.5, 0.6) is 0 Å². The minimum Gasteiger partial charge on any atom is -0.378 e. The second kappa shape index (κ2) is 4.72. The third kappa shape index (κ3) is 2.11. The molecule has 3 saturated carbocycles. The van der Waals surface area contributed by atoms with Gasteiger partial charge in [-0.15, -0.1) is 0 Å². The van der Waals surface area contributed by atoms with Crippen LogP contribution in [-0.4, -0.2) is 30.8 Å². The van der Waals surface area contributed by atoms with Gasteiger partial charge in [-0.05, 0) is 39.0 Å². The molecule has 0 aliphatic heterocycles. The molecule has 0 saturated heterocycles. The fourth-order valence-electron chi connectivity index (χ4n) is 3.67. The van der Waals surface area contributed by atoms with E-state index in [9.17, 15) is 0 Å². The van der Waals surface area contributed by atoms with E-state index < -0.39 is 0 Å². The first-order chi connectivity index (χ1) is 8.74. The predicted molar refractivity (Wildman–Crippen MR) is 72.5 cm³/mol. The first-order valence-corrected chi connectivity index (χ1v) is 7.46. The van der Waals surface area contributed by atoms with Crippen LogP contribution in [0.4, 0.5) is 0 Å². The maximum Gasteiger partial charge on any atom is 0.189 e. The Kier molecular flexibility index (Phi) is 3.22. The van der Waals surface area contributed by atoms with Crippen LogP contribution < -0.4 is 11.1 Å². The number of guanidine groups is 1. The lowest BCUT2D eigenvalue weighted by Crippen LogP contribution is -2.57. The molecule has 3 N–H and O–H groups in total. The summed E-state index contributed by atoms with van der Waals surface area (Å²) in [7, 11) is 0. The highest BCUT2D eigenvalue weighted by Crippen LogP contribution is 2.56. The number of nitrogens with one attached hydrogen (secondary N) is 1. The average Bonchev–Trinajstić information content (AvgIpc) is 2.98. The maximum atomic E-state index is 5.99. The summed E-state index contributed by atoms with van der Waals surface area (Å²) in [6, 6.07) is 0.985. The minimum absolute atomic E-state index is 0.311. The average molecular weight is 251 g/mol. The smallest absolute Gasteiger partial charge is 0.189 e. The van der Waals surface area contributed by atoms with Crippen molar-refractivity contribution in [2.24, 2.45) is 16.1 Å². The first kappa shape index (κ1) is 12.3. The Morgan fingerprint density at radius 3 is 2.72 bits per heavy atom. The molecular formula is C14H25N3O. The lowest BCUT2D eigenvalue weighted by atomic mass is 9.61. The fraction of sp³-hybridized carbons (Fsp3) is 0.929. The summed E-state index contributed by atoms with van der Waals surface area (Å²) in [5, 5.41) is 3.29. The molecule has 4 heteroatoms. The molecule has 1 spiro atoms. The zero-order valence-electron chi connectivity index (χ0n) is 11.3. The number of rotatable bonds is 4. The van der Waals surface area contributed by atoms with E-state index >= 15 is 0 Å². The molecule has 102 valence electrons. The molecule has 0 amide bonds. The highest BCUT2D eigenvalue weighted by Gasteiger charge is 2.57. The van der Waals surface area contributed by atoms with Crippen molar-refractivity contribution in [3.8, 4) is 0 Å². The molecule has 3 rings (SSSR count). The van der Waals surface area contributed by atoms with E-state index in [1.54, 1.807) is 0 Å². The Morgan fingerprint density at radius 2 is 2.11 bits per heavy atom. The van der Waals surface area contributed by atoms with E-state index in [1.807, 2.05) is 0 Å². The Hall–Kier alpha value is -0.770. The Morgan fingerprint density at radius 1 is 1.39 bits per heavy atom. The van der Waals surface area contributed by atoms with E-state index in [2.05, 4.69) is 12.2 Å². The molecule has 3 aliphatic carbocycles. The van der Waals surface area contributed by atoms with Crippen molar-refractivity contribution in [2.75, 3.05) is 6.61 Å². The van der Waals surface area contributed by atoms with Gasteiger partial charge in [0.05, 0.1) is 12.1 Å².